The molecule has 0 radical (unpaired) electrons. The summed E-state index contributed by atoms with van der Waals surface area (Å²) < 4.78 is 32.0. The first-order chi connectivity index (χ1) is 13.4. The lowest BCUT2D eigenvalue weighted by molar-refractivity contribution is -0.126. The van der Waals surface area contributed by atoms with E-state index in [1.165, 1.54) is 28.6 Å². The second-order valence-corrected chi connectivity index (χ2v) is 9.31. The highest BCUT2D eigenvalue weighted by molar-refractivity contribution is 7.89. The zero-order valence-corrected chi connectivity index (χ0v) is 16.2. The number of amides is 2. The zero-order valence-electron chi connectivity index (χ0n) is 15.3. The summed E-state index contributed by atoms with van der Waals surface area (Å²) in [6.45, 7) is 1.27. The van der Waals surface area contributed by atoms with Crippen molar-refractivity contribution in [3.05, 3.63) is 42.0 Å². The Morgan fingerprint density at radius 2 is 1.86 bits per heavy atom. The van der Waals surface area contributed by atoms with Gasteiger partial charge < -0.3 is 4.74 Å². The molecule has 1 aromatic rings. The number of carbonyl (C=O) groups is 2. The third kappa shape index (κ3) is 3.69. The lowest BCUT2D eigenvalue weighted by Crippen LogP contribution is -2.45. The maximum absolute atomic E-state index is 12.7. The fraction of sp³-hybridized carbons (Fsp3) is 0.474. The molecule has 2 N–H and O–H groups in total. The normalized spacial score (nSPS) is 26.9. The van der Waals surface area contributed by atoms with Gasteiger partial charge in [0.1, 0.15) is 0 Å². The number of nitrogens with zero attached hydrogens (tertiary/aromatic N) is 1. The lowest BCUT2D eigenvalue weighted by atomic mass is 9.93. The van der Waals surface area contributed by atoms with E-state index in [0.29, 0.717) is 19.1 Å². The molecule has 1 aromatic carbocycles. The Morgan fingerprint density at radius 1 is 1.07 bits per heavy atom. The van der Waals surface area contributed by atoms with Gasteiger partial charge in [0.15, 0.2) is 0 Å². The topological polar surface area (TPSA) is 105 Å². The average molecular weight is 405 g/mol. The van der Waals surface area contributed by atoms with Crippen LogP contribution in [0.25, 0.3) is 0 Å². The number of ether oxygens (including phenoxy) is 1. The molecule has 1 saturated heterocycles. The van der Waals surface area contributed by atoms with E-state index in [4.69, 9.17) is 4.74 Å². The molecule has 0 spiro atoms. The van der Waals surface area contributed by atoms with Crippen LogP contribution in [0.2, 0.25) is 0 Å². The number of sulfonamides is 1. The Kier molecular flexibility index (Phi) is 5.22. The molecule has 1 aliphatic heterocycles. The number of fused-ring (bicyclic) bond motifs is 2. The van der Waals surface area contributed by atoms with Gasteiger partial charge in [-0.1, -0.05) is 18.2 Å². The predicted molar refractivity (Wildman–Crippen MR) is 100 cm³/mol. The molecule has 28 heavy (non-hydrogen) atoms. The maximum Gasteiger partial charge on any atom is 0.269 e. The van der Waals surface area contributed by atoms with Crippen molar-refractivity contribution in [1.29, 1.82) is 0 Å². The Morgan fingerprint density at radius 3 is 2.54 bits per heavy atom. The largest absolute Gasteiger partial charge is 0.379 e. The molecule has 3 aliphatic rings. The highest BCUT2D eigenvalue weighted by Gasteiger charge is 2.39. The SMILES string of the molecule is O=C(NNC(=O)[C@H]1C[C@H]2C=C[C@H]1C2)c1cccc(S(=O)(=O)N2CCOCC2)c1. The quantitative estimate of drug-likeness (QED) is 0.566. The van der Waals surface area contributed by atoms with Crippen LogP contribution in [0.1, 0.15) is 23.2 Å². The monoisotopic (exact) mass is 405 g/mol. The van der Waals surface area contributed by atoms with Gasteiger partial charge in [0.05, 0.1) is 18.1 Å². The second-order valence-electron chi connectivity index (χ2n) is 7.37. The maximum atomic E-state index is 12.7. The smallest absolute Gasteiger partial charge is 0.269 e. The molecule has 9 heteroatoms. The van der Waals surface area contributed by atoms with E-state index < -0.39 is 15.9 Å². The number of hydrogen-bond acceptors (Lipinski definition) is 5. The Balaban J connectivity index is 1.40. The molecule has 3 atom stereocenters. The molecule has 8 nitrogen and oxygen atoms in total. The summed E-state index contributed by atoms with van der Waals surface area (Å²) >= 11 is 0. The number of allylic oxidation sites excluding steroid dienone is 2. The second kappa shape index (κ2) is 7.65. The van der Waals surface area contributed by atoms with E-state index >= 15 is 0 Å². The van der Waals surface area contributed by atoms with Crippen molar-refractivity contribution in [1.82, 2.24) is 15.2 Å². The summed E-state index contributed by atoms with van der Waals surface area (Å²) in [6.07, 6.45) is 6.01. The van der Waals surface area contributed by atoms with Crippen LogP contribution in [0.5, 0.6) is 0 Å². The van der Waals surface area contributed by atoms with Gasteiger partial charge in [-0.2, -0.15) is 4.31 Å². The zero-order chi connectivity index (χ0) is 19.7. The van der Waals surface area contributed by atoms with Crippen LogP contribution in [-0.2, 0) is 19.6 Å². The van der Waals surface area contributed by atoms with E-state index in [1.54, 1.807) is 0 Å². The van der Waals surface area contributed by atoms with Crippen molar-refractivity contribution < 1.29 is 22.7 Å². The summed E-state index contributed by atoms with van der Waals surface area (Å²) in [6, 6.07) is 5.82. The third-order valence-electron chi connectivity index (χ3n) is 5.62. The number of carbonyl (C=O) groups excluding carboxylic acids is 2. The molecule has 0 unspecified atom stereocenters. The van der Waals surface area contributed by atoms with Crippen LogP contribution in [-0.4, -0.2) is 50.8 Å². The third-order valence-corrected chi connectivity index (χ3v) is 7.51. The van der Waals surface area contributed by atoms with Gasteiger partial charge in [0, 0.05) is 24.6 Å². The van der Waals surface area contributed by atoms with E-state index in [2.05, 4.69) is 23.0 Å². The lowest BCUT2D eigenvalue weighted by Gasteiger charge is -2.26. The highest BCUT2D eigenvalue weighted by Crippen LogP contribution is 2.43. The highest BCUT2D eigenvalue weighted by atomic mass is 32.2. The number of nitrogens with one attached hydrogen (secondary N) is 2. The number of hydrazine groups is 1. The van der Waals surface area contributed by atoms with Crippen LogP contribution in [0, 0.1) is 17.8 Å². The van der Waals surface area contributed by atoms with E-state index in [9.17, 15) is 18.0 Å². The van der Waals surface area contributed by atoms with Crippen LogP contribution in [0.3, 0.4) is 0 Å². The molecule has 1 heterocycles. The van der Waals surface area contributed by atoms with Crippen molar-refractivity contribution in [2.24, 2.45) is 17.8 Å². The van der Waals surface area contributed by atoms with Gasteiger partial charge in [0.2, 0.25) is 15.9 Å². The molecule has 2 bridgehead atoms. The van der Waals surface area contributed by atoms with Crippen molar-refractivity contribution in [2.45, 2.75) is 17.7 Å². The van der Waals surface area contributed by atoms with E-state index in [0.717, 1.165) is 12.8 Å². The predicted octanol–water partition coefficient (Wildman–Crippen LogP) is 0.681. The summed E-state index contributed by atoms with van der Waals surface area (Å²) in [5.74, 6) is -0.181. The Labute approximate surface area is 163 Å². The van der Waals surface area contributed by atoms with Crippen molar-refractivity contribution in [2.75, 3.05) is 26.3 Å². The first kappa shape index (κ1) is 19.1. The average Bonchev–Trinajstić information content (AvgIpc) is 3.36. The van der Waals surface area contributed by atoms with Crippen molar-refractivity contribution >= 4 is 21.8 Å². The van der Waals surface area contributed by atoms with Gasteiger partial charge in [-0.3, -0.25) is 20.4 Å². The number of morpholine rings is 1. The minimum absolute atomic E-state index is 0.0478. The molecular formula is C19H23N3O5S. The summed E-state index contributed by atoms with van der Waals surface area (Å²) in [5, 5.41) is 0. The van der Waals surface area contributed by atoms with E-state index in [-0.39, 0.29) is 41.3 Å². The minimum atomic E-state index is -3.69. The molecule has 0 aromatic heterocycles. The van der Waals surface area contributed by atoms with Gasteiger partial charge in [-0.15, -0.1) is 0 Å². The van der Waals surface area contributed by atoms with Crippen LogP contribution < -0.4 is 10.9 Å². The number of benzene rings is 1. The standard InChI is InChI=1S/C19H23N3O5S/c23-18(20-21-19(24)17-11-13-4-5-14(17)10-13)15-2-1-3-16(12-15)28(25,26)22-6-8-27-9-7-22/h1-5,12-14,17H,6-11H2,(H,20,23)(H,21,24)/t13-,14-,17-/m0/s1. The molecule has 2 aliphatic carbocycles. The van der Waals surface area contributed by atoms with Gasteiger partial charge in [-0.25, -0.2) is 8.42 Å². The summed E-state index contributed by atoms with van der Waals surface area (Å²) in [5.41, 5.74) is 5.05. The Hall–Kier alpha value is -2.23. The van der Waals surface area contributed by atoms with Crippen LogP contribution in [0.15, 0.2) is 41.3 Å². The fourth-order valence-electron chi connectivity index (χ4n) is 4.10. The summed E-state index contributed by atoms with van der Waals surface area (Å²) in [7, 11) is -3.69. The molecule has 150 valence electrons. The van der Waals surface area contributed by atoms with Crippen molar-refractivity contribution in [3.63, 3.8) is 0 Å². The molecule has 1 saturated carbocycles. The fourth-order valence-corrected chi connectivity index (χ4v) is 5.55. The van der Waals surface area contributed by atoms with Crippen molar-refractivity contribution in [3.8, 4) is 0 Å². The number of rotatable bonds is 4. The van der Waals surface area contributed by atoms with Crippen LogP contribution in [0.4, 0.5) is 0 Å². The molecule has 2 amide bonds. The first-order valence-electron chi connectivity index (χ1n) is 9.41. The van der Waals surface area contributed by atoms with Crippen LogP contribution >= 0.6 is 0 Å². The first-order valence-corrected chi connectivity index (χ1v) is 10.9. The Bertz CT molecular complexity index is 908. The molecule has 2 fully saturated rings. The molecule has 4 rings (SSSR count). The van der Waals surface area contributed by atoms with Gasteiger partial charge in [-0.05, 0) is 42.9 Å². The summed E-state index contributed by atoms with van der Waals surface area (Å²) in [4.78, 5) is 24.8. The van der Waals surface area contributed by atoms with Gasteiger partial charge >= 0.3 is 0 Å². The van der Waals surface area contributed by atoms with E-state index in [1.807, 2.05) is 0 Å². The minimum Gasteiger partial charge on any atom is -0.379 e. The number of hydrogen-bond donors (Lipinski definition) is 2. The van der Waals surface area contributed by atoms with Gasteiger partial charge in [0.25, 0.3) is 5.91 Å². The molecular weight excluding hydrogens is 382 g/mol.